The summed E-state index contributed by atoms with van der Waals surface area (Å²) in [6, 6.07) is 0. The number of hydrogen-bond donors (Lipinski definition) is 0. The summed E-state index contributed by atoms with van der Waals surface area (Å²) in [4.78, 5) is 32.0. The zero-order valence-electron chi connectivity index (χ0n) is 15.1. The number of likely N-dealkylation sites (tertiary alicyclic amines) is 1. The van der Waals surface area contributed by atoms with Gasteiger partial charge in [-0.2, -0.15) is 0 Å². The summed E-state index contributed by atoms with van der Waals surface area (Å²) >= 11 is 0. The fraction of sp³-hybridized carbons (Fsp3) is 0.706. The highest BCUT2D eigenvalue weighted by Crippen LogP contribution is 2.17. The second kappa shape index (κ2) is 6.55. The van der Waals surface area contributed by atoms with Gasteiger partial charge in [-0.15, -0.1) is 0 Å². The van der Waals surface area contributed by atoms with E-state index < -0.39 is 0 Å². The van der Waals surface area contributed by atoms with Crippen molar-refractivity contribution in [3.05, 3.63) is 26.7 Å². The minimum Gasteiger partial charge on any atom is -0.321 e. The van der Waals surface area contributed by atoms with E-state index in [1.807, 2.05) is 4.57 Å². The Kier molecular flexibility index (Phi) is 4.62. The molecule has 0 unspecified atom stereocenters. The van der Waals surface area contributed by atoms with E-state index in [-0.39, 0.29) is 11.2 Å². The average Bonchev–Trinajstić information content (AvgIpc) is 2.90. The van der Waals surface area contributed by atoms with Crippen molar-refractivity contribution in [1.82, 2.24) is 23.6 Å². The summed E-state index contributed by atoms with van der Waals surface area (Å²) in [5.41, 5.74) is 0.452. The minimum absolute atomic E-state index is 0.258. The third-order valence-electron chi connectivity index (χ3n) is 4.79. The van der Waals surface area contributed by atoms with Gasteiger partial charge in [0.15, 0.2) is 11.2 Å². The number of nitrogens with zero attached hydrogens (tertiary/aromatic N) is 5. The molecule has 7 nitrogen and oxygen atoms in total. The number of rotatable bonds is 4. The van der Waals surface area contributed by atoms with Gasteiger partial charge >= 0.3 is 5.69 Å². The van der Waals surface area contributed by atoms with Crippen molar-refractivity contribution in [3.63, 3.8) is 0 Å². The summed E-state index contributed by atoms with van der Waals surface area (Å²) in [6.07, 6.45) is 3.71. The molecular formula is C17H27N5O2. The van der Waals surface area contributed by atoms with Crippen LogP contribution in [0.25, 0.3) is 11.2 Å². The predicted molar refractivity (Wildman–Crippen MR) is 94.2 cm³/mol. The molecular weight excluding hydrogens is 306 g/mol. The van der Waals surface area contributed by atoms with Crippen molar-refractivity contribution in [1.29, 1.82) is 0 Å². The van der Waals surface area contributed by atoms with Crippen molar-refractivity contribution >= 4 is 11.2 Å². The van der Waals surface area contributed by atoms with E-state index >= 15 is 0 Å². The van der Waals surface area contributed by atoms with Crippen LogP contribution < -0.4 is 11.2 Å². The summed E-state index contributed by atoms with van der Waals surface area (Å²) in [7, 11) is 3.21. The zero-order valence-corrected chi connectivity index (χ0v) is 15.1. The molecule has 1 fully saturated rings. The van der Waals surface area contributed by atoms with Crippen LogP contribution in [0.4, 0.5) is 0 Å². The van der Waals surface area contributed by atoms with Gasteiger partial charge in [-0.3, -0.25) is 18.8 Å². The lowest BCUT2D eigenvalue weighted by atomic mass is 10.1. The normalized spacial score (nSPS) is 16.4. The molecule has 1 aliphatic heterocycles. The topological polar surface area (TPSA) is 65.1 Å². The number of aromatic nitrogens is 4. The zero-order chi connectivity index (χ0) is 17.4. The number of aryl methyl sites for hydroxylation is 1. The lowest BCUT2D eigenvalue weighted by molar-refractivity contribution is 0.212. The molecule has 1 aliphatic rings. The van der Waals surface area contributed by atoms with Gasteiger partial charge in [-0.1, -0.05) is 20.3 Å². The first-order valence-electron chi connectivity index (χ1n) is 8.77. The maximum atomic E-state index is 12.7. The van der Waals surface area contributed by atoms with E-state index in [9.17, 15) is 9.59 Å². The van der Waals surface area contributed by atoms with Crippen LogP contribution in [0, 0.1) is 5.92 Å². The highest BCUT2D eigenvalue weighted by Gasteiger charge is 2.21. The SMILES string of the molecule is CC(C)Cn1c(CN2CCCCC2)nc2c1c(=O)n(C)c(=O)n2C. The van der Waals surface area contributed by atoms with E-state index in [1.54, 1.807) is 7.05 Å². The van der Waals surface area contributed by atoms with Gasteiger partial charge in [0.1, 0.15) is 5.82 Å². The highest BCUT2D eigenvalue weighted by atomic mass is 16.2. The molecule has 0 radical (unpaired) electrons. The lowest BCUT2D eigenvalue weighted by Gasteiger charge is -2.26. The predicted octanol–water partition coefficient (Wildman–Crippen LogP) is 1.08. The van der Waals surface area contributed by atoms with E-state index in [4.69, 9.17) is 4.98 Å². The Morgan fingerprint density at radius 3 is 2.33 bits per heavy atom. The third kappa shape index (κ3) is 2.92. The van der Waals surface area contributed by atoms with Crippen molar-refractivity contribution in [2.24, 2.45) is 20.0 Å². The first-order chi connectivity index (χ1) is 11.4. The molecule has 0 aromatic carbocycles. The molecule has 2 aromatic rings. The quantitative estimate of drug-likeness (QED) is 0.840. The monoisotopic (exact) mass is 333 g/mol. The Morgan fingerprint density at radius 2 is 1.71 bits per heavy atom. The first-order valence-corrected chi connectivity index (χ1v) is 8.77. The maximum Gasteiger partial charge on any atom is 0.332 e. The van der Waals surface area contributed by atoms with Crippen molar-refractivity contribution in [2.75, 3.05) is 13.1 Å². The van der Waals surface area contributed by atoms with Gasteiger partial charge in [-0.25, -0.2) is 9.78 Å². The Labute approximate surface area is 141 Å². The van der Waals surface area contributed by atoms with Crippen LogP contribution in [0.3, 0.4) is 0 Å². The van der Waals surface area contributed by atoms with Crippen LogP contribution in [-0.2, 0) is 27.2 Å². The molecule has 0 aliphatic carbocycles. The van der Waals surface area contributed by atoms with Crippen LogP contribution in [0.15, 0.2) is 9.59 Å². The van der Waals surface area contributed by atoms with Crippen molar-refractivity contribution in [3.8, 4) is 0 Å². The number of hydrogen-bond acceptors (Lipinski definition) is 4. The smallest absolute Gasteiger partial charge is 0.321 e. The number of fused-ring (bicyclic) bond motifs is 1. The number of piperidine rings is 1. The minimum atomic E-state index is -0.328. The van der Waals surface area contributed by atoms with Gasteiger partial charge in [-0.05, 0) is 31.8 Å². The summed E-state index contributed by atoms with van der Waals surface area (Å²) in [5, 5.41) is 0. The molecule has 3 rings (SSSR count). The second-order valence-corrected chi connectivity index (χ2v) is 7.25. The molecule has 24 heavy (non-hydrogen) atoms. The van der Waals surface area contributed by atoms with Crippen LogP contribution in [0.1, 0.15) is 38.9 Å². The van der Waals surface area contributed by atoms with Crippen LogP contribution >= 0.6 is 0 Å². The molecule has 0 atom stereocenters. The summed E-state index contributed by atoms with van der Waals surface area (Å²) < 4.78 is 4.68. The second-order valence-electron chi connectivity index (χ2n) is 7.25. The summed E-state index contributed by atoms with van der Waals surface area (Å²) in [6.45, 7) is 7.86. The van der Waals surface area contributed by atoms with Gasteiger partial charge in [0, 0.05) is 20.6 Å². The van der Waals surface area contributed by atoms with Crippen LogP contribution in [0.5, 0.6) is 0 Å². The van der Waals surface area contributed by atoms with Crippen molar-refractivity contribution in [2.45, 2.75) is 46.2 Å². The molecule has 7 heteroatoms. The van der Waals surface area contributed by atoms with Gasteiger partial charge in [0.05, 0.1) is 6.54 Å². The van der Waals surface area contributed by atoms with Gasteiger partial charge < -0.3 is 4.57 Å². The maximum absolute atomic E-state index is 12.7. The largest absolute Gasteiger partial charge is 0.332 e. The lowest BCUT2D eigenvalue weighted by Crippen LogP contribution is -2.37. The number of imidazole rings is 1. The molecule has 132 valence electrons. The molecule has 3 heterocycles. The molecule has 2 aromatic heterocycles. The first kappa shape index (κ1) is 17.0. The Morgan fingerprint density at radius 1 is 1.04 bits per heavy atom. The highest BCUT2D eigenvalue weighted by molar-refractivity contribution is 5.71. The Bertz CT molecular complexity index is 852. The Hall–Kier alpha value is -1.89. The standard InChI is InChI=1S/C17H27N5O2/c1-12(2)10-22-13(11-21-8-6-5-7-9-21)18-15-14(22)16(23)20(4)17(24)19(15)3/h12H,5-11H2,1-4H3. The fourth-order valence-corrected chi connectivity index (χ4v) is 3.49. The van der Waals surface area contributed by atoms with E-state index in [1.165, 1.54) is 35.4 Å². The molecule has 0 spiro atoms. The van der Waals surface area contributed by atoms with E-state index in [0.29, 0.717) is 17.1 Å². The Balaban J connectivity index is 2.17. The molecule has 0 saturated carbocycles. The molecule has 1 saturated heterocycles. The van der Waals surface area contributed by atoms with Gasteiger partial charge in [0.2, 0.25) is 0 Å². The fourth-order valence-electron chi connectivity index (χ4n) is 3.49. The average molecular weight is 333 g/mol. The van der Waals surface area contributed by atoms with E-state index in [0.717, 1.165) is 32.0 Å². The van der Waals surface area contributed by atoms with E-state index in [2.05, 4.69) is 18.7 Å². The van der Waals surface area contributed by atoms with Crippen LogP contribution in [-0.4, -0.2) is 36.7 Å². The van der Waals surface area contributed by atoms with Crippen molar-refractivity contribution < 1.29 is 0 Å². The molecule has 0 bridgehead atoms. The molecule has 0 amide bonds. The van der Waals surface area contributed by atoms with Gasteiger partial charge in [0.25, 0.3) is 5.56 Å². The third-order valence-corrected chi connectivity index (χ3v) is 4.79. The molecule has 0 N–H and O–H groups in total. The summed E-state index contributed by atoms with van der Waals surface area (Å²) in [5.74, 6) is 1.28. The van der Waals surface area contributed by atoms with Crippen LogP contribution in [0.2, 0.25) is 0 Å².